The maximum absolute atomic E-state index is 11.8. The molecule has 2 N–H and O–H groups in total. The quantitative estimate of drug-likeness (QED) is 0.665. The van der Waals surface area contributed by atoms with Crippen LogP contribution in [0.25, 0.3) is 0 Å². The molecule has 0 fully saturated rings. The van der Waals surface area contributed by atoms with E-state index in [0.29, 0.717) is 37.3 Å². The summed E-state index contributed by atoms with van der Waals surface area (Å²) in [5.41, 5.74) is 1.38. The van der Waals surface area contributed by atoms with Gasteiger partial charge in [0.15, 0.2) is 0 Å². The van der Waals surface area contributed by atoms with Crippen molar-refractivity contribution < 1.29 is 18.3 Å². The van der Waals surface area contributed by atoms with E-state index in [1.54, 1.807) is 24.3 Å². The lowest BCUT2D eigenvalue weighted by molar-refractivity contribution is 0.146. The summed E-state index contributed by atoms with van der Waals surface area (Å²) in [6, 6.07) is 6.93. The first-order valence-corrected chi connectivity index (χ1v) is 7.96. The third-order valence-corrected chi connectivity index (χ3v) is 3.88. The summed E-state index contributed by atoms with van der Waals surface area (Å²) in [5.74, 6) is -0.0739. The van der Waals surface area contributed by atoms with Crippen molar-refractivity contribution in [1.82, 2.24) is 4.72 Å². The SMILES string of the molecule is CCOCCCNS(=O)(=O)Cc1cccc(CO)c1. The number of sulfonamides is 1. The average Bonchev–Trinajstić information content (AvgIpc) is 2.38. The Morgan fingerprint density at radius 3 is 2.74 bits per heavy atom. The summed E-state index contributed by atoms with van der Waals surface area (Å²) in [6.45, 7) is 3.38. The Labute approximate surface area is 114 Å². The second kappa shape index (κ2) is 8.27. The zero-order valence-electron chi connectivity index (χ0n) is 11.1. The monoisotopic (exact) mass is 287 g/mol. The minimum absolute atomic E-state index is 0.0739. The Bertz CT molecular complexity index is 473. The fourth-order valence-electron chi connectivity index (χ4n) is 1.63. The molecule has 0 unspecified atom stereocenters. The molecular weight excluding hydrogens is 266 g/mol. The van der Waals surface area contributed by atoms with Crippen LogP contribution in [0.2, 0.25) is 0 Å². The first-order chi connectivity index (χ1) is 9.07. The molecule has 1 rings (SSSR count). The normalized spacial score (nSPS) is 11.7. The standard InChI is InChI=1S/C13H21NO4S/c1-2-18-8-4-7-14-19(16,17)11-13-6-3-5-12(9-13)10-15/h3,5-6,9,14-15H,2,4,7-8,10-11H2,1H3. The highest BCUT2D eigenvalue weighted by molar-refractivity contribution is 7.88. The molecule has 0 atom stereocenters. The number of hydrogen-bond acceptors (Lipinski definition) is 4. The lowest BCUT2D eigenvalue weighted by atomic mass is 10.1. The molecular formula is C13H21NO4S. The molecule has 0 spiro atoms. The van der Waals surface area contributed by atoms with Gasteiger partial charge >= 0.3 is 0 Å². The van der Waals surface area contributed by atoms with E-state index in [1.165, 1.54) is 0 Å². The highest BCUT2D eigenvalue weighted by Crippen LogP contribution is 2.08. The first-order valence-electron chi connectivity index (χ1n) is 6.31. The van der Waals surface area contributed by atoms with Crippen molar-refractivity contribution in [2.45, 2.75) is 25.7 Å². The largest absolute Gasteiger partial charge is 0.392 e. The van der Waals surface area contributed by atoms with Crippen molar-refractivity contribution in [2.24, 2.45) is 0 Å². The van der Waals surface area contributed by atoms with Gasteiger partial charge in [-0.1, -0.05) is 24.3 Å². The van der Waals surface area contributed by atoms with Gasteiger partial charge in [-0.05, 0) is 24.5 Å². The lowest BCUT2D eigenvalue weighted by Crippen LogP contribution is -2.27. The van der Waals surface area contributed by atoms with Crippen LogP contribution in [0.15, 0.2) is 24.3 Å². The Hall–Kier alpha value is -0.950. The molecule has 1 aromatic carbocycles. The number of rotatable bonds is 9. The van der Waals surface area contributed by atoms with Gasteiger partial charge in [-0.15, -0.1) is 0 Å². The Morgan fingerprint density at radius 1 is 1.32 bits per heavy atom. The predicted octanol–water partition coefficient (Wildman–Crippen LogP) is 1.02. The minimum Gasteiger partial charge on any atom is -0.392 e. The molecule has 5 nitrogen and oxygen atoms in total. The number of benzene rings is 1. The smallest absolute Gasteiger partial charge is 0.215 e. The van der Waals surface area contributed by atoms with Gasteiger partial charge < -0.3 is 9.84 Å². The molecule has 0 heterocycles. The van der Waals surface area contributed by atoms with E-state index in [1.807, 2.05) is 6.92 Å². The molecule has 0 aliphatic carbocycles. The molecule has 108 valence electrons. The van der Waals surface area contributed by atoms with Gasteiger partial charge in [-0.25, -0.2) is 13.1 Å². The van der Waals surface area contributed by atoms with Crippen LogP contribution in [-0.2, 0) is 27.1 Å². The van der Waals surface area contributed by atoms with Crippen molar-refractivity contribution in [3.63, 3.8) is 0 Å². The maximum Gasteiger partial charge on any atom is 0.215 e. The first kappa shape index (κ1) is 16.1. The van der Waals surface area contributed by atoms with Crippen molar-refractivity contribution in [3.8, 4) is 0 Å². The summed E-state index contributed by atoms with van der Waals surface area (Å²) >= 11 is 0. The fourth-order valence-corrected chi connectivity index (χ4v) is 2.81. The predicted molar refractivity (Wildman–Crippen MR) is 74.1 cm³/mol. The highest BCUT2D eigenvalue weighted by Gasteiger charge is 2.10. The summed E-state index contributed by atoms with van der Waals surface area (Å²) in [4.78, 5) is 0. The fraction of sp³-hybridized carbons (Fsp3) is 0.538. The number of aliphatic hydroxyl groups excluding tert-OH is 1. The van der Waals surface area contributed by atoms with Gasteiger partial charge in [0, 0.05) is 19.8 Å². The minimum atomic E-state index is -3.33. The number of hydrogen-bond donors (Lipinski definition) is 2. The van der Waals surface area contributed by atoms with Crippen LogP contribution in [0.1, 0.15) is 24.5 Å². The van der Waals surface area contributed by atoms with E-state index >= 15 is 0 Å². The van der Waals surface area contributed by atoms with Crippen LogP contribution in [-0.4, -0.2) is 33.3 Å². The van der Waals surface area contributed by atoms with Crippen molar-refractivity contribution in [2.75, 3.05) is 19.8 Å². The van der Waals surface area contributed by atoms with Gasteiger partial charge in [0.2, 0.25) is 10.0 Å². The van der Waals surface area contributed by atoms with Crippen LogP contribution in [0.5, 0.6) is 0 Å². The molecule has 19 heavy (non-hydrogen) atoms. The molecule has 0 radical (unpaired) electrons. The summed E-state index contributed by atoms with van der Waals surface area (Å²) in [7, 11) is -3.33. The van der Waals surface area contributed by atoms with Gasteiger partial charge in [-0.2, -0.15) is 0 Å². The van der Waals surface area contributed by atoms with E-state index in [9.17, 15) is 8.42 Å². The number of ether oxygens (including phenoxy) is 1. The van der Waals surface area contributed by atoms with Crippen LogP contribution in [0, 0.1) is 0 Å². The van der Waals surface area contributed by atoms with Crippen LogP contribution in [0.4, 0.5) is 0 Å². The van der Waals surface area contributed by atoms with E-state index in [2.05, 4.69) is 4.72 Å². The zero-order chi connectivity index (χ0) is 14.1. The van der Waals surface area contributed by atoms with Crippen molar-refractivity contribution in [1.29, 1.82) is 0 Å². The second-order valence-corrected chi connectivity index (χ2v) is 5.99. The lowest BCUT2D eigenvalue weighted by Gasteiger charge is -2.07. The van der Waals surface area contributed by atoms with Gasteiger partial charge in [0.25, 0.3) is 0 Å². The molecule has 0 amide bonds. The number of nitrogens with one attached hydrogen (secondary N) is 1. The number of aliphatic hydroxyl groups is 1. The van der Waals surface area contributed by atoms with Crippen LogP contribution in [0.3, 0.4) is 0 Å². The Balaban J connectivity index is 2.45. The second-order valence-electron chi connectivity index (χ2n) is 4.18. The van der Waals surface area contributed by atoms with Crippen LogP contribution < -0.4 is 4.72 Å². The van der Waals surface area contributed by atoms with Gasteiger partial charge in [0.05, 0.1) is 12.4 Å². The van der Waals surface area contributed by atoms with Crippen molar-refractivity contribution >= 4 is 10.0 Å². The van der Waals surface area contributed by atoms with Crippen molar-refractivity contribution in [3.05, 3.63) is 35.4 Å². The maximum atomic E-state index is 11.8. The molecule has 0 bridgehead atoms. The van der Waals surface area contributed by atoms with E-state index in [4.69, 9.17) is 9.84 Å². The van der Waals surface area contributed by atoms with Gasteiger partial charge in [-0.3, -0.25) is 0 Å². The topological polar surface area (TPSA) is 75.6 Å². The molecule has 0 saturated heterocycles. The molecule has 0 aliphatic heterocycles. The third-order valence-electron chi connectivity index (χ3n) is 2.52. The van der Waals surface area contributed by atoms with E-state index < -0.39 is 10.0 Å². The van der Waals surface area contributed by atoms with E-state index in [0.717, 1.165) is 0 Å². The molecule has 0 saturated carbocycles. The van der Waals surface area contributed by atoms with Gasteiger partial charge in [0.1, 0.15) is 0 Å². The molecule has 0 aliphatic rings. The molecule has 1 aromatic rings. The summed E-state index contributed by atoms with van der Waals surface area (Å²) < 4.78 is 31.3. The van der Waals surface area contributed by atoms with E-state index in [-0.39, 0.29) is 12.4 Å². The zero-order valence-corrected chi connectivity index (χ0v) is 11.9. The third kappa shape index (κ3) is 6.68. The molecule has 0 aromatic heterocycles. The summed E-state index contributed by atoms with van der Waals surface area (Å²) in [6.07, 6.45) is 0.656. The Kier molecular flexibility index (Phi) is 7.01. The molecule has 6 heteroatoms. The highest BCUT2D eigenvalue weighted by atomic mass is 32.2. The van der Waals surface area contributed by atoms with Crippen LogP contribution >= 0.6 is 0 Å². The average molecular weight is 287 g/mol. The Morgan fingerprint density at radius 2 is 2.05 bits per heavy atom. The summed E-state index contributed by atoms with van der Waals surface area (Å²) in [5, 5.41) is 9.01.